The molecule has 5 heteroatoms. The molecule has 1 atom stereocenters. The van der Waals surface area contributed by atoms with Crippen molar-refractivity contribution in [3.8, 4) is 0 Å². The third kappa shape index (κ3) is 4.63. The molecule has 20 heavy (non-hydrogen) atoms. The van der Waals surface area contributed by atoms with Crippen LogP contribution in [0.5, 0.6) is 0 Å². The first-order valence-corrected chi connectivity index (χ1v) is 8.04. The summed E-state index contributed by atoms with van der Waals surface area (Å²) >= 11 is 0. The Morgan fingerprint density at radius 2 is 1.95 bits per heavy atom. The van der Waals surface area contributed by atoms with E-state index in [0.29, 0.717) is 6.04 Å². The second-order valence-corrected chi connectivity index (χ2v) is 6.21. The van der Waals surface area contributed by atoms with Crippen LogP contribution in [0, 0.1) is 0 Å². The van der Waals surface area contributed by atoms with Gasteiger partial charge in [0.15, 0.2) is 0 Å². The van der Waals surface area contributed by atoms with Crippen molar-refractivity contribution in [2.75, 3.05) is 39.4 Å². The van der Waals surface area contributed by atoms with Crippen molar-refractivity contribution in [3.05, 3.63) is 0 Å². The summed E-state index contributed by atoms with van der Waals surface area (Å²) in [6.45, 7) is 9.57. The van der Waals surface area contributed by atoms with Gasteiger partial charge in [-0.3, -0.25) is 4.90 Å². The molecule has 0 aromatic heterocycles. The lowest BCUT2D eigenvalue weighted by molar-refractivity contribution is 0.0260. The third-order valence-electron chi connectivity index (χ3n) is 4.12. The lowest BCUT2D eigenvalue weighted by atomic mass is 10.1. The van der Waals surface area contributed by atoms with Gasteiger partial charge in [-0.25, -0.2) is 4.79 Å². The highest BCUT2D eigenvalue weighted by Gasteiger charge is 2.27. The molecule has 2 saturated heterocycles. The predicted molar refractivity (Wildman–Crippen MR) is 79.9 cm³/mol. The number of ether oxygens (including phenoxy) is 1. The average molecular weight is 283 g/mol. The molecule has 0 aliphatic carbocycles. The van der Waals surface area contributed by atoms with Crippen molar-refractivity contribution in [1.29, 1.82) is 0 Å². The Kier molecular flexibility index (Phi) is 6.10. The normalized spacial score (nSPS) is 25.6. The zero-order chi connectivity index (χ0) is 14.4. The van der Waals surface area contributed by atoms with E-state index in [-0.39, 0.29) is 12.1 Å². The monoisotopic (exact) mass is 283 g/mol. The molecule has 2 aliphatic rings. The van der Waals surface area contributed by atoms with Crippen molar-refractivity contribution < 1.29 is 9.53 Å². The summed E-state index contributed by atoms with van der Waals surface area (Å²) in [4.78, 5) is 16.9. The lowest BCUT2D eigenvalue weighted by Crippen LogP contribution is -2.53. The number of hydrogen-bond donors (Lipinski definition) is 1. The number of carbonyl (C=O) groups is 1. The van der Waals surface area contributed by atoms with E-state index in [4.69, 9.17) is 4.74 Å². The molecule has 1 unspecified atom stereocenters. The molecule has 116 valence electrons. The largest absolute Gasteiger partial charge is 0.379 e. The average Bonchev–Trinajstić information content (AvgIpc) is 2.64. The summed E-state index contributed by atoms with van der Waals surface area (Å²) in [6, 6.07) is 0.671. The number of morpholine rings is 1. The van der Waals surface area contributed by atoms with E-state index in [1.54, 1.807) is 0 Å². The summed E-state index contributed by atoms with van der Waals surface area (Å²) in [7, 11) is 0. The van der Waals surface area contributed by atoms with Gasteiger partial charge >= 0.3 is 6.03 Å². The van der Waals surface area contributed by atoms with Crippen molar-refractivity contribution in [3.63, 3.8) is 0 Å². The van der Waals surface area contributed by atoms with Crippen molar-refractivity contribution >= 4 is 6.03 Å². The van der Waals surface area contributed by atoms with Gasteiger partial charge in [-0.05, 0) is 26.7 Å². The second kappa shape index (κ2) is 7.84. The van der Waals surface area contributed by atoms with Gasteiger partial charge < -0.3 is 15.0 Å². The molecule has 2 rings (SSSR count). The number of amides is 2. The number of hydrogen-bond acceptors (Lipinski definition) is 3. The highest BCUT2D eigenvalue weighted by molar-refractivity contribution is 5.74. The number of likely N-dealkylation sites (tertiary alicyclic amines) is 1. The molecule has 0 aromatic rings. The maximum atomic E-state index is 12.4. The Bertz CT molecular complexity index is 303. The van der Waals surface area contributed by atoms with Crippen molar-refractivity contribution in [2.24, 2.45) is 0 Å². The fraction of sp³-hybridized carbons (Fsp3) is 0.933. The number of nitrogens with one attached hydrogen (secondary N) is 1. The molecule has 2 fully saturated rings. The van der Waals surface area contributed by atoms with E-state index in [1.165, 1.54) is 12.8 Å². The fourth-order valence-corrected chi connectivity index (χ4v) is 3.05. The molecule has 0 radical (unpaired) electrons. The van der Waals surface area contributed by atoms with Crippen LogP contribution in [0.1, 0.15) is 39.5 Å². The van der Waals surface area contributed by atoms with Crippen molar-refractivity contribution in [2.45, 2.75) is 51.6 Å². The Hall–Kier alpha value is -0.810. The van der Waals surface area contributed by atoms with Crippen LogP contribution in [0.2, 0.25) is 0 Å². The van der Waals surface area contributed by atoms with Gasteiger partial charge in [0.1, 0.15) is 0 Å². The van der Waals surface area contributed by atoms with E-state index in [9.17, 15) is 4.79 Å². The molecule has 0 spiro atoms. The van der Waals surface area contributed by atoms with Crippen LogP contribution in [-0.2, 0) is 4.74 Å². The first kappa shape index (κ1) is 15.6. The van der Waals surface area contributed by atoms with Crippen LogP contribution in [-0.4, -0.2) is 67.3 Å². The topological polar surface area (TPSA) is 44.8 Å². The molecule has 0 aromatic carbocycles. The van der Waals surface area contributed by atoms with Gasteiger partial charge in [0, 0.05) is 38.3 Å². The minimum Gasteiger partial charge on any atom is -0.379 e. The van der Waals surface area contributed by atoms with E-state index < -0.39 is 0 Å². The Morgan fingerprint density at radius 3 is 2.65 bits per heavy atom. The van der Waals surface area contributed by atoms with Gasteiger partial charge in [-0.15, -0.1) is 0 Å². The van der Waals surface area contributed by atoms with Gasteiger partial charge in [0.25, 0.3) is 0 Å². The highest BCUT2D eigenvalue weighted by Crippen LogP contribution is 2.18. The smallest absolute Gasteiger partial charge is 0.317 e. The lowest BCUT2D eigenvalue weighted by Gasteiger charge is -2.36. The molecule has 0 bridgehead atoms. The van der Waals surface area contributed by atoms with Gasteiger partial charge in [-0.1, -0.05) is 12.8 Å². The molecule has 1 N–H and O–H groups in total. The fourth-order valence-electron chi connectivity index (χ4n) is 3.05. The van der Waals surface area contributed by atoms with Crippen LogP contribution < -0.4 is 5.32 Å². The maximum Gasteiger partial charge on any atom is 0.317 e. The van der Waals surface area contributed by atoms with Gasteiger partial charge in [0.05, 0.1) is 13.2 Å². The standard InChI is InChI=1S/C15H29N3O2/c1-13(2)16-15(19)18-7-5-3-4-6-14(18)12-17-8-10-20-11-9-17/h13-14H,3-12H2,1-2H3,(H,16,19). The van der Waals surface area contributed by atoms with Crippen molar-refractivity contribution in [1.82, 2.24) is 15.1 Å². The van der Waals surface area contributed by atoms with E-state index >= 15 is 0 Å². The number of carbonyl (C=O) groups excluding carboxylic acids is 1. The molecular weight excluding hydrogens is 254 g/mol. The Labute approximate surface area is 122 Å². The first-order chi connectivity index (χ1) is 9.66. The molecule has 2 aliphatic heterocycles. The quantitative estimate of drug-likeness (QED) is 0.857. The Morgan fingerprint density at radius 1 is 1.20 bits per heavy atom. The third-order valence-corrected chi connectivity index (χ3v) is 4.12. The number of nitrogens with zero attached hydrogens (tertiary/aromatic N) is 2. The van der Waals surface area contributed by atoms with Crippen LogP contribution >= 0.6 is 0 Å². The minimum atomic E-state index is 0.111. The Balaban J connectivity index is 1.94. The number of rotatable bonds is 3. The second-order valence-electron chi connectivity index (χ2n) is 6.21. The molecule has 5 nitrogen and oxygen atoms in total. The number of urea groups is 1. The summed E-state index contributed by atoms with van der Waals surface area (Å²) in [6.07, 6.45) is 4.74. The van der Waals surface area contributed by atoms with Gasteiger partial charge in [-0.2, -0.15) is 0 Å². The minimum absolute atomic E-state index is 0.111. The van der Waals surface area contributed by atoms with Crippen LogP contribution in [0.15, 0.2) is 0 Å². The zero-order valence-corrected chi connectivity index (χ0v) is 12.9. The highest BCUT2D eigenvalue weighted by atomic mass is 16.5. The summed E-state index contributed by atoms with van der Waals surface area (Å²) < 4.78 is 5.41. The summed E-state index contributed by atoms with van der Waals surface area (Å²) in [5.41, 5.74) is 0. The molecule has 0 saturated carbocycles. The van der Waals surface area contributed by atoms with Crippen LogP contribution in [0.25, 0.3) is 0 Å². The van der Waals surface area contributed by atoms with Gasteiger partial charge in [0.2, 0.25) is 0 Å². The zero-order valence-electron chi connectivity index (χ0n) is 12.9. The van der Waals surface area contributed by atoms with Crippen LogP contribution in [0.4, 0.5) is 4.79 Å². The molecule has 2 amide bonds. The summed E-state index contributed by atoms with van der Waals surface area (Å²) in [5.74, 6) is 0. The van der Waals surface area contributed by atoms with E-state index in [1.807, 2.05) is 13.8 Å². The molecular formula is C15H29N3O2. The van der Waals surface area contributed by atoms with E-state index in [2.05, 4.69) is 15.1 Å². The first-order valence-electron chi connectivity index (χ1n) is 8.04. The maximum absolute atomic E-state index is 12.4. The van der Waals surface area contributed by atoms with E-state index in [0.717, 1.165) is 52.2 Å². The SMILES string of the molecule is CC(C)NC(=O)N1CCCCCC1CN1CCOCC1. The predicted octanol–water partition coefficient (Wildman–Crippen LogP) is 1.68. The molecule has 2 heterocycles. The summed E-state index contributed by atoms with van der Waals surface area (Å²) in [5, 5.41) is 3.05. The van der Waals surface area contributed by atoms with Crippen LogP contribution in [0.3, 0.4) is 0 Å².